The van der Waals surface area contributed by atoms with Gasteiger partial charge in [0.25, 0.3) is 0 Å². The topological polar surface area (TPSA) is 69.8 Å². The molecule has 5 heteroatoms. The zero-order valence-corrected chi connectivity index (χ0v) is 12.1. The Morgan fingerprint density at radius 3 is 2.47 bits per heavy atom. The van der Waals surface area contributed by atoms with E-state index in [1.54, 1.807) is 0 Å². The number of rotatable bonds is 4. The van der Waals surface area contributed by atoms with Gasteiger partial charge >= 0.3 is 5.97 Å². The second kappa shape index (κ2) is 5.77. The zero-order chi connectivity index (χ0) is 14.0. The normalized spacial score (nSPS) is 31.2. The Balaban J connectivity index is 1.81. The van der Waals surface area contributed by atoms with Gasteiger partial charge in [-0.1, -0.05) is 13.8 Å². The third-order valence-corrected chi connectivity index (χ3v) is 4.45. The van der Waals surface area contributed by atoms with Gasteiger partial charge in [-0.15, -0.1) is 0 Å². The van der Waals surface area contributed by atoms with Gasteiger partial charge in [0.15, 0.2) is 0 Å². The number of piperidine rings is 1. The van der Waals surface area contributed by atoms with Crippen LogP contribution >= 0.6 is 0 Å². The number of aliphatic carboxylic acids is 1. The van der Waals surface area contributed by atoms with Gasteiger partial charge < -0.3 is 15.7 Å². The molecule has 3 N–H and O–H groups in total. The number of nitrogens with zero attached hydrogens (tertiary/aromatic N) is 2. The first-order valence-corrected chi connectivity index (χ1v) is 7.39. The van der Waals surface area contributed by atoms with Crippen molar-refractivity contribution in [3.63, 3.8) is 0 Å². The third kappa shape index (κ3) is 3.46. The van der Waals surface area contributed by atoms with Crippen molar-refractivity contribution in [2.75, 3.05) is 32.7 Å². The number of carboxylic acids is 1. The fraction of sp³-hybridized carbons (Fsp3) is 0.929. The molecule has 2 saturated heterocycles. The molecule has 2 aliphatic rings. The molecule has 1 atom stereocenters. The van der Waals surface area contributed by atoms with Crippen LogP contribution in [0.2, 0.25) is 0 Å². The van der Waals surface area contributed by atoms with Crippen molar-refractivity contribution in [2.24, 2.45) is 11.7 Å². The molecule has 0 aliphatic carbocycles. The van der Waals surface area contributed by atoms with E-state index >= 15 is 0 Å². The summed E-state index contributed by atoms with van der Waals surface area (Å²) in [4.78, 5) is 16.0. The Morgan fingerprint density at radius 1 is 1.37 bits per heavy atom. The summed E-state index contributed by atoms with van der Waals surface area (Å²) in [6.07, 6.45) is 2.86. The van der Waals surface area contributed by atoms with Crippen molar-refractivity contribution < 1.29 is 9.90 Å². The third-order valence-electron chi connectivity index (χ3n) is 4.45. The van der Waals surface area contributed by atoms with Gasteiger partial charge in [0.05, 0.1) is 0 Å². The van der Waals surface area contributed by atoms with E-state index in [9.17, 15) is 4.79 Å². The van der Waals surface area contributed by atoms with Crippen LogP contribution in [-0.2, 0) is 4.79 Å². The summed E-state index contributed by atoms with van der Waals surface area (Å²) in [7, 11) is 0. The maximum atomic E-state index is 11.2. The number of nitrogens with two attached hydrogens (primary N) is 1. The largest absolute Gasteiger partial charge is 0.480 e. The number of carbonyl (C=O) groups is 1. The highest BCUT2D eigenvalue weighted by atomic mass is 16.4. The molecule has 2 fully saturated rings. The molecule has 1 unspecified atom stereocenters. The summed E-state index contributed by atoms with van der Waals surface area (Å²) in [5.74, 6) is -0.140. The van der Waals surface area contributed by atoms with E-state index < -0.39 is 11.5 Å². The van der Waals surface area contributed by atoms with Crippen LogP contribution in [0.15, 0.2) is 0 Å². The first kappa shape index (κ1) is 14.8. The molecule has 2 aliphatic heterocycles. The molecule has 0 radical (unpaired) electrons. The molecule has 0 spiro atoms. The van der Waals surface area contributed by atoms with Crippen molar-refractivity contribution in [1.29, 1.82) is 0 Å². The van der Waals surface area contributed by atoms with E-state index in [0.717, 1.165) is 32.5 Å². The van der Waals surface area contributed by atoms with E-state index in [4.69, 9.17) is 10.8 Å². The molecule has 0 aromatic carbocycles. The highest BCUT2D eigenvalue weighted by Gasteiger charge is 2.43. The molecule has 19 heavy (non-hydrogen) atoms. The molecule has 110 valence electrons. The molecular formula is C14H27N3O2. The maximum Gasteiger partial charge on any atom is 0.325 e. The van der Waals surface area contributed by atoms with Gasteiger partial charge in [0, 0.05) is 25.7 Å². The predicted octanol–water partition coefficient (Wildman–Crippen LogP) is 0.595. The Kier molecular flexibility index (Phi) is 4.48. The second-order valence-corrected chi connectivity index (χ2v) is 6.61. The van der Waals surface area contributed by atoms with Crippen molar-refractivity contribution in [2.45, 2.75) is 44.7 Å². The van der Waals surface area contributed by atoms with Crippen LogP contribution < -0.4 is 5.73 Å². The van der Waals surface area contributed by atoms with Crippen LogP contribution in [-0.4, -0.2) is 65.2 Å². The van der Waals surface area contributed by atoms with E-state index in [0.29, 0.717) is 24.9 Å². The standard InChI is InChI=1S/C14H27N3O2/c1-11(2)9-16-6-3-12(4-7-16)17-8-5-14(15,10-17)13(18)19/h11-12H,3-10,15H2,1-2H3,(H,18,19). The second-order valence-electron chi connectivity index (χ2n) is 6.61. The predicted molar refractivity (Wildman–Crippen MR) is 75.0 cm³/mol. The first-order chi connectivity index (χ1) is 8.90. The van der Waals surface area contributed by atoms with Crippen LogP contribution in [0.3, 0.4) is 0 Å². The Morgan fingerprint density at radius 2 is 2.00 bits per heavy atom. The van der Waals surface area contributed by atoms with Gasteiger partial charge in [-0.25, -0.2) is 0 Å². The van der Waals surface area contributed by atoms with Crippen molar-refractivity contribution >= 4 is 5.97 Å². The summed E-state index contributed by atoms with van der Waals surface area (Å²) >= 11 is 0. The maximum absolute atomic E-state index is 11.2. The van der Waals surface area contributed by atoms with E-state index in [1.807, 2.05) is 0 Å². The van der Waals surface area contributed by atoms with Crippen molar-refractivity contribution in [3.8, 4) is 0 Å². The van der Waals surface area contributed by atoms with Crippen molar-refractivity contribution in [1.82, 2.24) is 9.80 Å². The van der Waals surface area contributed by atoms with Crippen LogP contribution in [0.4, 0.5) is 0 Å². The highest BCUT2D eigenvalue weighted by molar-refractivity contribution is 5.79. The lowest BCUT2D eigenvalue weighted by Crippen LogP contribution is -2.52. The minimum absolute atomic E-state index is 0.511. The van der Waals surface area contributed by atoms with E-state index in [2.05, 4.69) is 23.6 Å². The van der Waals surface area contributed by atoms with Gasteiger partial charge in [-0.3, -0.25) is 9.69 Å². The van der Waals surface area contributed by atoms with Crippen LogP contribution in [0, 0.1) is 5.92 Å². The van der Waals surface area contributed by atoms with Gasteiger partial charge in [-0.05, 0) is 38.3 Å². The monoisotopic (exact) mass is 269 g/mol. The Hall–Kier alpha value is -0.650. The molecule has 0 bridgehead atoms. The van der Waals surface area contributed by atoms with Gasteiger partial charge in [0.1, 0.15) is 5.54 Å². The number of hydrogen-bond donors (Lipinski definition) is 2. The number of hydrogen-bond acceptors (Lipinski definition) is 4. The Bertz CT molecular complexity index is 327. The molecule has 0 aromatic rings. The molecular weight excluding hydrogens is 242 g/mol. The molecule has 2 rings (SSSR count). The summed E-state index contributed by atoms with van der Waals surface area (Å²) in [5.41, 5.74) is 4.92. The average Bonchev–Trinajstić information content (AvgIpc) is 2.74. The number of carboxylic acid groups (broad SMARTS) is 1. The minimum atomic E-state index is -1.02. The minimum Gasteiger partial charge on any atom is -0.480 e. The SMILES string of the molecule is CC(C)CN1CCC(N2CCC(N)(C(=O)O)C2)CC1. The van der Waals surface area contributed by atoms with Gasteiger partial charge in [0.2, 0.25) is 0 Å². The quantitative estimate of drug-likeness (QED) is 0.782. The molecule has 0 aromatic heterocycles. The summed E-state index contributed by atoms with van der Waals surface area (Å²) in [6.45, 7) is 9.27. The van der Waals surface area contributed by atoms with Crippen LogP contribution in [0.25, 0.3) is 0 Å². The van der Waals surface area contributed by atoms with Crippen LogP contribution in [0.5, 0.6) is 0 Å². The van der Waals surface area contributed by atoms with Crippen LogP contribution in [0.1, 0.15) is 33.1 Å². The summed E-state index contributed by atoms with van der Waals surface area (Å²) in [5, 5.41) is 9.17. The number of likely N-dealkylation sites (tertiary alicyclic amines) is 2. The summed E-state index contributed by atoms with van der Waals surface area (Å²) < 4.78 is 0. The summed E-state index contributed by atoms with van der Waals surface area (Å²) in [6, 6.07) is 0.521. The fourth-order valence-electron chi connectivity index (χ4n) is 3.33. The highest BCUT2D eigenvalue weighted by Crippen LogP contribution is 2.26. The lowest BCUT2D eigenvalue weighted by Gasteiger charge is -2.37. The smallest absolute Gasteiger partial charge is 0.325 e. The lowest BCUT2D eigenvalue weighted by atomic mass is 10.00. The Labute approximate surface area is 115 Å². The van der Waals surface area contributed by atoms with E-state index in [1.165, 1.54) is 6.54 Å². The molecule has 0 amide bonds. The molecule has 5 nitrogen and oxygen atoms in total. The van der Waals surface area contributed by atoms with Gasteiger partial charge in [-0.2, -0.15) is 0 Å². The first-order valence-electron chi connectivity index (χ1n) is 7.39. The molecule has 2 heterocycles. The molecule has 0 saturated carbocycles. The van der Waals surface area contributed by atoms with E-state index in [-0.39, 0.29) is 0 Å². The average molecular weight is 269 g/mol. The van der Waals surface area contributed by atoms with Crippen molar-refractivity contribution in [3.05, 3.63) is 0 Å². The zero-order valence-electron chi connectivity index (χ0n) is 12.1. The fourth-order valence-corrected chi connectivity index (χ4v) is 3.33. The lowest BCUT2D eigenvalue weighted by molar-refractivity contribution is -0.142.